The van der Waals surface area contributed by atoms with Crippen molar-refractivity contribution in [2.75, 3.05) is 11.1 Å². The predicted molar refractivity (Wildman–Crippen MR) is 91.7 cm³/mol. The normalized spacial score (nSPS) is 14.3. The number of aryl methyl sites for hydroxylation is 2. The monoisotopic (exact) mass is 330 g/mol. The van der Waals surface area contributed by atoms with Gasteiger partial charge in [-0.1, -0.05) is 17.8 Å². The third-order valence-electron chi connectivity index (χ3n) is 3.76. The van der Waals surface area contributed by atoms with E-state index in [2.05, 4.69) is 21.4 Å². The average Bonchev–Trinajstić information content (AvgIpc) is 2.93. The molecule has 0 aliphatic heterocycles. The minimum atomic E-state index is -0.409. The van der Waals surface area contributed by atoms with Gasteiger partial charge in [-0.3, -0.25) is 9.59 Å². The van der Waals surface area contributed by atoms with Crippen molar-refractivity contribution in [1.82, 2.24) is 9.97 Å². The van der Waals surface area contributed by atoms with Crippen molar-refractivity contribution >= 4 is 29.2 Å². The van der Waals surface area contributed by atoms with E-state index < -0.39 is 5.25 Å². The largest absolute Gasteiger partial charge is 0.383 e. The number of aromatic nitrogens is 2. The Labute approximate surface area is 137 Å². The first-order valence-electron chi connectivity index (χ1n) is 7.47. The molecule has 2 aromatic rings. The van der Waals surface area contributed by atoms with Gasteiger partial charge in [0.2, 0.25) is 5.91 Å². The van der Waals surface area contributed by atoms with Crippen LogP contribution in [0.1, 0.15) is 24.5 Å². The zero-order chi connectivity index (χ0) is 16.4. The first kappa shape index (κ1) is 15.6. The molecule has 0 bridgehead atoms. The fraction of sp³-hybridized carbons (Fsp3) is 0.312. The van der Waals surface area contributed by atoms with Crippen LogP contribution in [0.3, 0.4) is 0 Å². The molecule has 120 valence electrons. The summed E-state index contributed by atoms with van der Waals surface area (Å²) in [5, 5.41) is 2.84. The average molecular weight is 330 g/mol. The molecule has 6 nitrogen and oxygen atoms in total. The number of carbonyl (C=O) groups is 1. The third kappa shape index (κ3) is 3.73. The summed E-state index contributed by atoms with van der Waals surface area (Å²) in [6.07, 6.45) is 3.36. The molecule has 0 saturated heterocycles. The van der Waals surface area contributed by atoms with Gasteiger partial charge < -0.3 is 16.0 Å². The van der Waals surface area contributed by atoms with Crippen molar-refractivity contribution in [1.29, 1.82) is 0 Å². The van der Waals surface area contributed by atoms with E-state index in [-0.39, 0.29) is 17.3 Å². The molecule has 1 aliphatic rings. The Morgan fingerprint density at radius 1 is 1.35 bits per heavy atom. The van der Waals surface area contributed by atoms with Crippen LogP contribution < -0.4 is 16.6 Å². The van der Waals surface area contributed by atoms with Gasteiger partial charge in [0.1, 0.15) is 5.82 Å². The van der Waals surface area contributed by atoms with E-state index in [0.717, 1.165) is 18.5 Å². The maximum absolute atomic E-state index is 12.3. The van der Waals surface area contributed by atoms with Crippen molar-refractivity contribution in [2.45, 2.75) is 36.6 Å². The number of thioether (sulfide) groups is 1. The zero-order valence-electron chi connectivity index (χ0n) is 12.8. The molecular formula is C16H18N4O2S. The number of nitrogens with zero attached hydrogens (tertiary/aromatic N) is 1. The van der Waals surface area contributed by atoms with Crippen LogP contribution in [0.25, 0.3) is 0 Å². The van der Waals surface area contributed by atoms with Crippen LogP contribution in [-0.4, -0.2) is 21.1 Å². The fourth-order valence-corrected chi connectivity index (χ4v) is 3.44. The Morgan fingerprint density at radius 2 is 2.13 bits per heavy atom. The van der Waals surface area contributed by atoms with E-state index >= 15 is 0 Å². The van der Waals surface area contributed by atoms with Gasteiger partial charge in [0.15, 0.2) is 5.16 Å². The Balaban J connectivity index is 1.66. The van der Waals surface area contributed by atoms with E-state index in [4.69, 9.17) is 5.73 Å². The van der Waals surface area contributed by atoms with Gasteiger partial charge in [-0.15, -0.1) is 0 Å². The maximum atomic E-state index is 12.3. The number of nitrogens with one attached hydrogen (secondary N) is 2. The minimum absolute atomic E-state index is 0.141. The van der Waals surface area contributed by atoms with Gasteiger partial charge in [-0.25, -0.2) is 4.98 Å². The lowest BCUT2D eigenvalue weighted by Gasteiger charge is -2.12. The maximum Gasteiger partial charge on any atom is 0.253 e. The van der Waals surface area contributed by atoms with Crippen molar-refractivity contribution < 1.29 is 4.79 Å². The molecule has 7 heteroatoms. The molecule has 1 aromatic heterocycles. The highest BCUT2D eigenvalue weighted by molar-refractivity contribution is 8.00. The van der Waals surface area contributed by atoms with Crippen molar-refractivity contribution in [2.24, 2.45) is 0 Å². The number of anilines is 2. The highest BCUT2D eigenvalue weighted by Crippen LogP contribution is 2.26. The Morgan fingerprint density at radius 3 is 2.91 bits per heavy atom. The summed E-state index contributed by atoms with van der Waals surface area (Å²) in [6.45, 7) is 1.76. The molecule has 1 heterocycles. The summed E-state index contributed by atoms with van der Waals surface area (Å²) in [4.78, 5) is 30.3. The molecule has 1 aromatic carbocycles. The van der Waals surface area contributed by atoms with E-state index in [1.165, 1.54) is 35.4 Å². The number of amides is 1. The van der Waals surface area contributed by atoms with Gasteiger partial charge in [0.05, 0.1) is 5.25 Å². The smallest absolute Gasteiger partial charge is 0.253 e. The summed E-state index contributed by atoms with van der Waals surface area (Å²) >= 11 is 1.17. The second-order valence-electron chi connectivity index (χ2n) is 5.56. The van der Waals surface area contributed by atoms with Gasteiger partial charge in [0, 0.05) is 11.8 Å². The van der Waals surface area contributed by atoms with Crippen LogP contribution in [0.5, 0.6) is 0 Å². The standard InChI is InChI=1S/C16H18N4O2S/c1-9(23-16-19-13(17)8-14(21)20-16)15(22)18-12-6-5-10-3-2-4-11(10)7-12/h5-9H,2-4H2,1H3,(H,18,22)(H3,17,19,20,21)/t9-/m0/s1. The SMILES string of the molecule is C[C@H](Sc1nc(N)cc(=O)[nH]1)C(=O)Nc1ccc2c(c1)CCC2. The van der Waals surface area contributed by atoms with E-state index in [0.29, 0.717) is 5.16 Å². The highest BCUT2D eigenvalue weighted by atomic mass is 32.2. The van der Waals surface area contributed by atoms with E-state index in [1.54, 1.807) is 6.92 Å². The molecule has 3 rings (SSSR count). The number of hydrogen-bond acceptors (Lipinski definition) is 5. The molecule has 1 aliphatic carbocycles. The number of fused-ring (bicyclic) bond motifs is 1. The summed E-state index contributed by atoms with van der Waals surface area (Å²) in [5.41, 5.74) is 8.69. The van der Waals surface area contributed by atoms with Crippen molar-refractivity contribution in [3.8, 4) is 0 Å². The molecule has 4 N–H and O–H groups in total. The molecule has 23 heavy (non-hydrogen) atoms. The predicted octanol–water partition coefficient (Wildman–Crippen LogP) is 1.96. The number of nitrogens with two attached hydrogens (primary N) is 1. The number of hydrogen-bond donors (Lipinski definition) is 3. The molecule has 0 spiro atoms. The first-order chi connectivity index (χ1) is 11.0. The van der Waals surface area contributed by atoms with Crippen LogP contribution in [0.2, 0.25) is 0 Å². The molecular weight excluding hydrogens is 312 g/mol. The second kappa shape index (κ2) is 6.45. The Kier molecular flexibility index (Phi) is 4.38. The second-order valence-corrected chi connectivity index (χ2v) is 6.89. The molecule has 1 atom stereocenters. The van der Waals surface area contributed by atoms with Crippen molar-refractivity contribution in [3.05, 3.63) is 45.7 Å². The van der Waals surface area contributed by atoms with Crippen LogP contribution in [0.4, 0.5) is 11.5 Å². The number of nitrogen functional groups attached to an aromatic ring is 1. The fourth-order valence-electron chi connectivity index (χ4n) is 2.62. The minimum Gasteiger partial charge on any atom is -0.383 e. The number of aromatic amines is 1. The molecule has 0 fully saturated rings. The number of H-pyrrole nitrogens is 1. The zero-order valence-corrected chi connectivity index (χ0v) is 13.6. The topological polar surface area (TPSA) is 101 Å². The first-order valence-corrected chi connectivity index (χ1v) is 8.35. The number of rotatable bonds is 4. The van der Waals surface area contributed by atoms with Gasteiger partial charge in [-0.2, -0.15) is 0 Å². The molecule has 0 unspecified atom stereocenters. The third-order valence-corrected chi connectivity index (χ3v) is 4.75. The van der Waals surface area contributed by atoms with Crippen LogP contribution in [0.15, 0.2) is 34.2 Å². The lowest BCUT2D eigenvalue weighted by molar-refractivity contribution is -0.115. The Hall–Kier alpha value is -2.28. The van der Waals surface area contributed by atoms with E-state index in [9.17, 15) is 9.59 Å². The lowest BCUT2D eigenvalue weighted by atomic mass is 10.1. The summed E-state index contributed by atoms with van der Waals surface area (Å²) in [7, 11) is 0. The molecule has 0 radical (unpaired) electrons. The number of carbonyl (C=O) groups excluding carboxylic acids is 1. The lowest BCUT2D eigenvalue weighted by Crippen LogP contribution is -2.23. The summed E-state index contributed by atoms with van der Waals surface area (Å²) in [6, 6.07) is 7.25. The summed E-state index contributed by atoms with van der Waals surface area (Å²) in [5.74, 6) is 0.000464. The summed E-state index contributed by atoms with van der Waals surface area (Å²) < 4.78 is 0. The van der Waals surface area contributed by atoms with Gasteiger partial charge >= 0.3 is 0 Å². The van der Waals surface area contributed by atoms with Gasteiger partial charge in [-0.05, 0) is 49.4 Å². The molecule has 0 saturated carbocycles. The molecule has 1 amide bonds. The Bertz CT molecular complexity index is 803. The van der Waals surface area contributed by atoms with Crippen LogP contribution >= 0.6 is 11.8 Å². The quantitative estimate of drug-likeness (QED) is 0.588. The number of benzene rings is 1. The van der Waals surface area contributed by atoms with Crippen molar-refractivity contribution in [3.63, 3.8) is 0 Å². The van der Waals surface area contributed by atoms with Crippen LogP contribution in [-0.2, 0) is 17.6 Å². The van der Waals surface area contributed by atoms with Crippen LogP contribution in [0, 0.1) is 0 Å². The van der Waals surface area contributed by atoms with Gasteiger partial charge in [0.25, 0.3) is 5.56 Å². The van der Waals surface area contributed by atoms with E-state index in [1.807, 2.05) is 12.1 Å². The highest BCUT2D eigenvalue weighted by Gasteiger charge is 2.17.